The third-order valence-corrected chi connectivity index (χ3v) is 5.66. The van der Waals surface area contributed by atoms with Crippen LogP contribution in [0.25, 0.3) is 11.4 Å². The molecule has 1 aliphatic heterocycles. The zero-order chi connectivity index (χ0) is 20.9. The number of anilines is 1. The van der Waals surface area contributed by atoms with Crippen LogP contribution in [-0.2, 0) is 4.79 Å². The number of benzene rings is 2. The van der Waals surface area contributed by atoms with E-state index in [9.17, 15) is 4.79 Å². The Hall–Kier alpha value is -3.03. The van der Waals surface area contributed by atoms with Gasteiger partial charge in [-0.1, -0.05) is 53.7 Å². The number of para-hydroxylation sites is 1. The van der Waals surface area contributed by atoms with Crippen molar-refractivity contribution >= 4 is 11.6 Å². The molecule has 3 aromatic rings. The zero-order valence-corrected chi connectivity index (χ0v) is 17.4. The van der Waals surface area contributed by atoms with Crippen molar-refractivity contribution in [2.75, 3.05) is 44.7 Å². The van der Waals surface area contributed by atoms with Gasteiger partial charge < -0.3 is 9.42 Å². The molecule has 1 amide bonds. The molecule has 0 aliphatic carbocycles. The lowest BCUT2D eigenvalue weighted by Crippen LogP contribution is -2.50. The van der Waals surface area contributed by atoms with Crippen molar-refractivity contribution in [2.45, 2.75) is 13.0 Å². The minimum Gasteiger partial charge on any atom is -0.337 e. The number of carbonyl (C=O) groups is 1. The lowest BCUT2D eigenvalue weighted by atomic mass is 10.2. The molecule has 30 heavy (non-hydrogen) atoms. The van der Waals surface area contributed by atoms with Crippen LogP contribution in [0.2, 0.25) is 0 Å². The fraction of sp³-hybridized carbons (Fsp3) is 0.348. The summed E-state index contributed by atoms with van der Waals surface area (Å²) in [6.45, 7) is 5.88. The number of hydrogen-bond acceptors (Lipinski definition) is 6. The number of hydrogen-bond donors (Lipinski definition) is 0. The number of carbonyl (C=O) groups excluding carboxylic acids is 1. The van der Waals surface area contributed by atoms with Gasteiger partial charge in [0.2, 0.25) is 17.6 Å². The highest BCUT2D eigenvalue weighted by Crippen LogP contribution is 2.23. The molecule has 1 unspecified atom stereocenters. The maximum absolute atomic E-state index is 12.6. The van der Waals surface area contributed by atoms with E-state index in [4.69, 9.17) is 4.52 Å². The first-order valence-electron chi connectivity index (χ1n) is 10.3. The predicted molar refractivity (Wildman–Crippen MR) is 116 cm³/mol. The molecule has 0 N–H and O–H groups in total. The van der Waals surface area contributed by atoms with Crippen LogP contribution in [0.3, 0.4) is 0 Å². The summed E-state index contributed by atoms with van der Waals surface area (Å²) >= 11 is 0. The second kappa shape index (κ2) is 9.19. The molecule has 2 aromatic carbocycles. The zero-order valence-electron chi connectivity index (χ0n) is 17.4. The molecule has 1 aliphatic rings. The Morgan fingerprint density at radius 1 is 1.03 bits per heavy atom. The summed E-state index contributed by atoms with van der Waals surface area (Å²) in [7, 11) is 1.83. The van der Waals surface area contributed by atoms with Crippen molar-refractivity contribution in [3.8, 4) is 11.4 Å². The topological polar surface area (TPSA) is 65.7 Å². The number of aromatic nitrogens is 2. The lowest BCUT2D eigenvalue weighted by Gasteiger charge is -2.36. The Kier molecular flexibility index (Phi) is 6.21. The molecule has 0 spiro atoms. The minimum absolute atomic E-state index is 0.0415. The molecule has 156 valence electrons. The van der Waals surface area contributed by atoms with Crippen LogP contribution in [0.5, 0.6) is 0 Å². The van der Waals surface area contributed by atoms with Gasteiger partial charge >= 0.3 is 0 Å². The molecular weight excluding hydrogens is 378 g/mol. The van der Waals surface area contributed by atoms with Gasteiger partial charge in [0.05, 0.1) is 12.6 Å². The molecule has 0 radical (unpaired) electrons. The van der Waals surface area contributed by atoms with Gasteiger partial charge in [-0.3, -0.25) is 14.6 Å². The Morgan fingerprint density at radius 2 is 1.67 bits per heavy atom. The Balaban J connectivity index is 1.30. The largest absolute Gasteiger partial charge is 0.337 e. The van der Waals surface area contributed by atoms with Crippen LogP contribution in [0.4, 0.5) is 5.69 Å². The molecule has 1 saturated heterocycles. The maximum atomic E-state index is 12.6. The average molecular weight is 406 g/mol. The molecule has 0 saturated carbocycles. The van der Waals surface area contributed by atoms with E-state index in [0.717, 1.165) is 37.4 Å². The number of nitrogens with zero attached hydrogens (tertiary/aromatic N) is 5. The first-order valence-corrected chi connectivity index (χ1v) is 10.3. The normalized spacial score (nSPS) is 16.3. The van der Waals surface area contributed by atoms with E-state index >= 15 is 0 Å². The minimum atomic E-state index is 0.0415. The van der Waals surface area contributed by atoms with Crippen LogP contribution < -0.4 is 4.90 Å². The van der Waals surface area contributed by atoms with Crippen molar-refractivity contribution < 1.29 is 9.32 Å². The summed E-state index contributed by atoms with van der Waals surface area (Å²) in [5.74, 6) is 1.35. The summed E-state index contributed by atoms with van der Waals surface area (Å²) in [6, 6.07) is 19.6. The van der Waals surface area contributed by atoms with Crippen LogP contribution in [-0.4, -0.2) is 65.6 Å². The van der Waals surface area contributed by atoms with Crippen LogP contribution in [0.15, 0.2) is 65.2 Å². The molecule has 7 heteroatoms. The van der Waals surface area contributed by atoms with Crippen molar-refractivity contribution in [3.05, 3.63) is 66.6 Å². The fourth-order valence-electron chi connectivity index (χ4n) is 3.67. The van der Waals surface area contributed by atoms with Crippen molar-refractivity contribution in [1.29, 1.82) is 0 Å². The second-order valence-electron chi connectivity index (χ2n) is 7.60. The highest BCUT2D eigenvalue weighted by Gasteiger charge is 2.27. The molecule has 0 bridgehead atoms. The van der Waals surface area contributed by atoms with E-state index in [1.165, 1.54) is 0 Å². The van der Waals surface area contributed by atoms with Gasteiger partial charge in [0.15, 0.2) is 0 Å². The SMILES string of the molecule is CC(c1nc(-c2ccccc2)no1)N1CCN(CC(=O)N(C)c2ccccc2)CC1. The second-order valence-corrected chi connectivity index (χ2v) is 7.60. The van der Waals surface area contributed by atoms with E-state index in [-0.39, 0.29) is 11.9 Å². The lowest BCUT2D eigenvalue weighted by molar-refractivity contribution is -0.120. The molecule has 1 aromatic heterocycles. The number of amides is 1. The first-order chi connectivity index (χ1) is 14.6. The van der Waals surface area contributed by atoms with Crippen molar-refractivity contribution in [1.82, 2.24) is 19.9 Å². The Morgan fingerprint density at radius 3 is 2.33 bits per heavy atom. The number of likely N-dealkylation sites (N-methyl/N-ethyl adjacent to an activating group) is 1. The van der Waals surface area contributed by atoms with E-state index in [1.807, 2.05) is 67.7 Å². The van der Waals surface area contributed by atoms with Gasteiger partial charge in [0.1, 0.15) is 0 Å². The van der Waals surface area contributed by atoms with E-state index in [0.29, 0.717) is 18.3 Å². The van der Waals surface area contributed by atoms with E-state index in [2.05, 4.69) is 26.9 Å². The van der Waals surface area contributed by atoms with Crippen LogP contribution in [0, 0.1) is 0 Å². The molecule has 1 fully saturated rings. The van der Waals surface area contributed by atoms with Gasteiger partial charge in [-0.2, -0.15) is 4.98 Å². The highest BCUT2D eigenvalue weighted by atomic mass is 16.5. The van der Waals surface area contributed by atoms with E-state index in [1.54, 1.807) is 4.90 Å². The Labute approximate surface area is 176 Å². The van der Waals surface area contributed by atoms with Crippen molar-refractivity contribution in [3.63, 3.8) is 0 Å². The van der Waals surface area contributed by atoms with Gasteiger partial charge in [-0.25, -0.2) is 0 Å². The Bertz CT molecular complexity index is 952. The fourth-order valence-corrected chi connectivity index (χ4v) is 3.67. The third kappa shape index (κ3) is 4.58. The van der Waals surface area contributed by atoms with Gasteiger partial charge in [-0.05, 0) is 19.1 Å². The first kappa shape index (κ1) is 20.3. The summed E-state index contributed by atoms with van der Waals surface area (Å²) in [4.78, 5) is 23.5. The predicted octanol–water partition coefficient (Wildman–Crippen LogP) is 3.08. The third-order valence-electron chi connectivity index (χ3n) is 5.66. The van der Waals surface area contributed by atoms with Crippen molar-refractivity contribution in [2.24, 2.45) is 0 Å². The van der Waals surface area contributed by atoms with Gasteiger partial charge in [0.25, 0.3) is 0 Å². The molecule has 1 atom stereocenters. The molecular formula is C23H27N5O2. The highest BCUT2D eigenvalue weighted by molar-refractivity contribution is 5.94. The molecule has 2 heterocycles. The summed E-state index contributed by atoms with van der Waals surface area (Å²) in [5, 5.41) is 4.13. The van der Waals surface area contributed by atoms with E-state index < -0.39 is 0 Å². The van der Waals surface area contributed by atoms with Crippen LogP contribution >= 0.6 is 0 Å². The van der Waals surface area contributed by atoms with Gasteiger partial charge in [0, 0.05) is 44.5 Å². The van der Waals surface area contributed by atoms with Gasteiger partial charge in [-0.15, -0.1) is 0 Å². The number of piperazine rings is 1. The average Bonchev–Trinajstić information content (AvgIpc) is 3.30. The molecule has 4 rings (SSSR count). The summed E-state index contributed by atoms with van der Waals surface area (Å²) in [6.07, 6.45) is 0. The molecule has 7 nitrogen and oxygen atoms in total. The number of rotatable bonds is 6. The maximum Gasteiger partial charge on any atom is 0.244 e. The monoisotopic (exact) mass is 405 g/mol. The quantitative estimate of drug-likeness (QED) is 0.628. The summed E-state index contributed by atoms with van der Waals surface area (Å²) < 4.78 is 5.53. The summed E-state index contributed by atoms with van der Waals surface area (Å²) in [5.41, 5.74) is 1.87. The van der Waals surface area contributed by atoms with Crippen LogP contribution in [0.1, 0.15) is 18.9 Å². The smallest absolute Gasteiger partial charge is 0.244 e. The standard InChI is InChI=1S/C23H27N5O2/c1-18(23-24-22(25-30-23)19-9-5-3-6-10-19)28-15-13-27(14-16-28)17-21(29)26(2)20-11-7-4-8-12-20/h3-12,18H,13-17H2,1-2H3.